The van der Waals surface area contributed by atoms with Gasteiger partial charge >= 0.3 is 5.69 Å². The molecule has 1 saturated heterocycles. The van der Waals surface area contributed by atoms with Crippen LogP contribution in [0.25, 0.3) is 10.2 Å². The van der Waals surface area contributed by atoms with Gasteiger partial charge in [0.1, 0.15) is 4.83 Å². The molecule has 0 bridgehead atoms. The van der Waals surface area contributed by atoms with Crippen LogP contribution >= 0.6 is 11.3 Å². The van der Waals surface area contributed by atoms with E-state index < -0.39 is 0 Å². The lowest BCUT2D eigenvalue weighted by Gasteiger charge is -2.27. The van der Waals surface area contributed by atoms with Crippen molar-refractivity contribution in [2.45, 2.75) is 33.4 Å². The molecule has 124 valence electrons. The van der Waals surface area contributed by atoms with Gasteiger partial charge in [-0.25, -0.2) is 4.79 Å². The first-order valence-electron chi connectivity index (χ1n) is 7.49. The molecule has 0 saturated carbocycles. The van der Waals surface area contributed by atoms with Crippen molar-refractivity contribution in [3.63, 3.8) is 0 Å². The third kappa shape index (κ3) is 2.51. The highest BCUT2D eigenvalue weighted by Crippen LogP contribution is 2.28. The van der Waals surface area contributed by atoms with E-state index in [1.54, 1.807) is 4.57 Å². The van der Waals surface area contributed by atoms with Crippen LogP contribution in [0.2, 0.25) is 0 Å². The zero-order chi connectivity index (χ0) is 16.7. The summed E-state index contributed by atoms with van der Waals surface area (Å²) >= 11 is 1.30. The fourth-order valence-corrected chi connectivity index (χ4v) is 3.99. The topological polar surface area (TPSA) is 85.8 Å². The number of hydrogen-bond donors (Lipinski definition) is 1. The zero-order valence-electron chi connectivity index (χ0n) is 13.3. The fraction of sp³-hybridized carbons (Fsp3) is 0.533. The molecule has 1 aliphatic heterocycles. The molecule has 0 unspecified atom stereocenters. The predicted octanol–water partition coefficient (Wildman–Crippen LogP) is 1.57. The molecule has 0 aliphatic carbocycles. The molecule has 0 atom stereocenters. The smallest absolute Gasteiger partial charge is 0.332 e. The molecule has 0 amide bonds. The van der Waals surface area contributed by atoms with Crippen LogP contribution in [0.5, 0.6) is 0 Å². The van der Waals surface area contributed by atoms with Crippen LogP contribution in [0.3, 0.4) is 0 Å². The van der Waals surface area contributed by atoms with Gasteiger partial charge in [0.15, 0.2) is 0 Å². The lowest BCUT2D eigenvalue weighted by atomic mass is 10.1. The number of aromatic nitrogens is 2. The summed E-state index contributed by atoms with van der Waals surface area (Å²) in [6.07, 6.45) is 1.31. The average molecular weight is 337 g/mol. The zero-order valence-corrected chi connectivity index (χ0v) is 14.1. The summed E-state index contributed by atoms with van der Waals surface area (Å²) in [6, 6.07) is -0.224. The molecule has 1 fully saturated rings. The summed E-state index contributed by atoms with van der Waals surface area (Å²) in [5, 5.41) is 12.4. The highest BCUT2D eigenvalue weighted by atomic mass is 32.1. The minimum absolute atomic E-state index is 0.224. The molecule has 1 N–H and O–H groups in total. The van der Waals surface area contributed by atoms with Crippen molar-refractivity contribution in [1.82, 2.24) is 9.13 Å². The Morgan fingerprint density at radius 2 is 2.13 bits per heavy atom. The molecule has 2 aromatic rings. The molecule has 3 heterocycles. The van der Waals surface area contributed by atoms with Crippen LogP contribution in [-0.4, -0.2) is 33.8 Å². The average Bonchev–Trinajstić information content (AvgIpc) is 2.74. The van der Waals surface area contributed by atoms with Gasteiger partial charge in [0.2, 0.25) is 0 Å². The van der Waals surface area contributed by atoms with Gasteiger partial charge in [-0.3, -0.25) is 13.9 Å². The Morgan fingerprint density at radius 1 is 1.43 bits per heavy atom. The van der Waals surface area contributed by atoms with E-state index in [2.05, 4.69) is 5.16 Å². The van der Waals surface area contributed by atoms with E-state index in [4.69, 9.17) is 9.94 Å². The lowest BCUT2D eigenvalue weighted by molar-refractivity contribution is -0.0395. The molecule has 1 aliphatic rings. The van der Waals surface area contributed by atoms with Crippen LogP contribution in [-0.2, 0) is 11.3 Å². The highest BCUT2D eigenvalue weighted by Gasteiger charge is 2.25. The molecular formula is C15H19N3O4S. The predicted molar refractivity (Wildman–Crippen MR) is 89.2 cm³/mol. The number of fused-ring (bicyclic) bond motifs is 1. The van der Waals surface area contributed by atoms with Crippen molar-refractivity contribution in [3.05, 3.63) is 31.3 Å². The van der Waals surface area contributed by atoms with Gasteiger partial charge in [0, 0.05) is 18.5 Å². The number of nitrogens with zero attached hydrogens (tertiary/aromatic N) is 3. The van der Waals surface area contributed by atoms with Crippen molar-refractivity contribution >= 4 is 27.8 Å². The van der Waals surface area contributed by atoms with Gasteiger partial charge in [-0.05, 0) is 26.3 Å². The number of oxime groups is 1. The maximum atomic E-state index is 12.8. The summed E-state index contributed by atoms with van der Waals surface area (Å²) in [5.41, 5.74) is 0.159. The summed E-state index contributed by atoms with van der Waals surface area (Å²) in [4.78, 5) is 26.9. The van der Waals surface area contributed by atoms with E-state index in [1.165, 1.54) is 22.1 Å². The number of thiophene rings is 1. The SMILES string of the molecule is Cc1c(/C=N\O)sc2c1c(=O)n(C(C)C)c(=O)n2CC1COC1. The van der Waals surface area contributed by atoms with Crippen molar-refractivity contribution in [2.24, 2.45) is 11.1 Å². The van der Waals surface area contributed by atoms with Crippen LogP contribution in [0, 0.1) is 12.8 Å². The Bertz CT molecular complexity index is 887. The van der Waals surface area contributed by atoms with E-state index in [0.717, 1.165) is 5.56 Å². The maximum Gasteiger partial charge on any atom is 0.332 e. The molecule has 2 aromatic heterocycles. The van der Waals surface area contributed by atoms with Crippen LogP contribution in [0.15, 0.2) is 14.7 Å². The monoisotopic (exact) mass is 337 g/mol. The Morgan fingerprint density at radius 3 is 2.65 bits per heavy atom. The molecular weight excluding hydrogens is 318 g/mol. The Balaban J connectivity index is 2.36. The summed E-state index contributed by atoms with van der Waals surface area (Å²) in [7, 11) is 0. The van der Waals surface area contributed by atoms with Crippen molar-refractivity contribution in [3.8, 4) is 0 Å². The standard InChI is InChI=1S/C15H19N3O4S/c1-8(2)18-13(19)12-9(3)11(4-16-21)23-14(12)17(15(18)20)5-10-6-22-7-10/h4,8,10,21H,5-7H2,1-3H3/b16-4-. The summed E-state index contributed by atoms with van der Waals surface area (Å²) in [6.45, 7) is 7.24. The molecule has 0 aromatic carbocycles. The summed E-state index contributed by atoms with van der Waals surface area (Å²) < 4.78 is 8.15. The lowest BCUT2D eigenvalue weighted by Crippen LogP contribution is -2.43. The first kappa shape index (κ1) is 15.9. The van der Waals surface area contributed by atoms with Gasteiger partial charge in [0.05, 0.1) is 29.7 Å². The maximum absolute atomic E-state index is 12.8. The minimum Gasteiger partial charge on any atom is -0.411 e. The van der Waals surface area contributed by atoms with Gasteiger partial charge in [-0.1, -0.05) is 5.16 Å². The molecule has 7 nitrogen and oxygen atoms in total. The van der Waals surface area contributed by atoms with Crippen molar-refractivity contribution in [1.29, 1.82) is 0 Å². The third-order valence-electron chi connectivity index (χ3n) is 4.12. The quantitative estimate of drug-likeness (QED) is 0.521. The number of ether oxygens (including phenoxy) is 1. The minimum atomic E-state index is -0.293. The molecule has 0 spiro atoms. The second-order valence-electron chi connectivity index (χ2n) is 6.08. The van der Waals surface area contributed by atoms with E-state index in [-0.39, 0.29) is 23.2 Å². The van der Waals surface area contributed by atoms with Crippen molar-refractivity contribution in [2.75, 3.05) is 13.2 Å². The van der Waals surface area contributed by atoms with Crippen LogP contribution in [0.4, 0.5) is 0 Å². The van der Waals surface area contributed by atoms with E-state index >= 15 is 0 Å². The Kier molecular flexibility index (Phi) is 4.11. The third-order valence-corrected chi connectivity index (χ3v) is 5.37. The van der Waals surface area contributed by atoms with Crippen LogP contribution in [0.1, 0.15) is 30.3 Å². The summed E-state index contributed by atoms with van der Waals surface area (Å²) in [5.74, 6) is 0.284. The second-order valence-corrected chi connectivity index (χ2v) is 7.11. The first-order chi connectivity index (χ1) is 11.0. The number of hydrogen-bond acceptors (Lipinski definition) is 6. The van der Waals surface area contributed by atoms with E-state index in [9.17, 15) is 9.59 Å². The Hall–Kier alpha value is -1.93. The fourth-order valence-electron chi connectivity index (χ4n) is 2.82. The largest absolute Gasteiger partial charge is 0.411 e. The van der Waals surface area contributed by atoms with E-state index in [0.29, 0.717) is 34.9 Å². The van der Waals surface area contributed by atoms with Gasteiger partial charge < -0.3 is 9.94 Å². The number of aryl methyl sites for hydroxylation is 1. The van der Waals surface area contributed by atoms with Gasteiger partial charge in [-0.15, -0.1) is 11.3 Å². The second kappa shape index (κ2) is 5.93. The molecule has 0 radical (unpaired) electrons. The molecule has 3 rings (SSSR count). The van der Waals surface area contributed by atoms with Crippen molar-refractivity contribution < 1.29 is 9.94 Å². The number of rotatable bonds is 4. The van der Waals surface area contributed by atoms with E-state index in [1.807, 2.05) is 20.8 Å². The molecule has 23 heavy (non-hydrogen) atoms. The normalized spacial score (nSPS) is 15.8. The first-order valence-corrected chi connectivity index (χ1v) is 8.31. The molecule has 8 heteroatoms. The van der Waals surface area contributed by atoms with Gasteiger partial charge in [-0.2, -0.15) is 0 Å². The highest BCUT2D eigenvalue weighted by molar-refractivity contribution is 7.20. The van der Waals surface area contributed by atoms with Crippen LogP contribution < -0.4 is 11.2 Å². The van der Waals surface area contributed by atoms with Gasteiger partial charge in [0.25, 0.3) is 5.56 Å². The Labute approximate surface area is 136 Å².